The van der Waals surface area contributed by atoms with Crippen molar-refractivity contribution < 1.29 is 14.7 Å². The molecular formula is C10H13ClO3. The minimum atomic E-state index is -1.13. The molecule has 0 radical (unpaired) electrons. The van der Waals surface area contributed by atoms with E-state index in [0.29, 0.717) is 12.8 Å². The average molecular weight is 217 g/mol. The topological polar surface area (TPSA) is 54.4 Å². The van der Waals surface area contributed by atoms with E-state index in [1.54, 1.807) is 0 Å². The number of carbonyl (C=O) groups excluding carboxylic acids is 2. The number of hydrogen-bond donors (Lipinski definition) is 1. The summed E-state index contributed by atoms with van der Waals surface area (Å²) in [7, 11) is 0. The van der Waals surface area contributed by atoms with Crippen LogP contribution in [-0.2, 0) is 9.59 Å². The maximum absolute atomic E-state index is 11.8. The van der Waals surface area contributed by atoms with Gasteiger partial charge in [-0.2, -0.15) is 0 Å². The first-order valence-corrected chi connectivity index (χ1v) is 5.16. The predicted octanol–water partition coefficient (Wildman–Crippen LogP) is 1.12. The van der Waals surface area contributed by atoms with Gasteiger partial charge in [0.25, 0.3) is 0 Å². The molecule has 4 heteroatoms. The number of Topliss-reactive ketones (excluding diaryl/α,β-unsaturated/α-hetero) is 1. The van der Waals surface area contributed by atoms with Crippen molar-refractivity contribution in [3.63, 3.8) is 0 Å². The largest absolute Gasteiger partial charge is 0.385 e. The summed E-state index contributed by atoms with van der Waals surface area (Å²) >= 11 is 5.54. The van der Waals surface area contributed by atoms with Crippen molar-refractivity contribution >= 4 is 22.6 Å². The van der Waals surface area contributed by atoms with Gasteiger partial charge >= 0.3 is 0 Å². The highest BCUT2D eigenvalue weighted by Crippen LogP contribution is 2.64. The lowest BCUT2D eigenvalue weighted by Crippen LogP contribution is -2.42. The fourth-order valence-corrected chi connectivity index (χ4v) is 3.68. The van der Waals surface area contributed by atoms with Crippen LogP contribution in [0.3, 0.4) is 0 Å². The highest BCUT2D eigenvalue weighted by atomic mass is 35.5. The Balaban J connectivity index is 2.59. The molecule has 0 aromatic heterocycles. The molecule has 2 rings (SSSR count). The van der Waals surface area contributed by atoms with E-state index in [-0.39, 0.29) is 11.7 Å². The van der Waals surface area contributed by atoms with Gasteiger partial charge in [-0.3, -0.25) is 9.59 Å². The molecule has 2 saturated carbocycles. The van der Waals surface area contributed by atoms with Crippen LogP contribution in [0.4, 0.5) is 0 Å². The normalized spacial score (nSPS) is 44.4. The summed E-state index contributed by atoms with van der Waals surface area (Å²) in [5.41, 5.74) is -1.62. The number of halogens is 1. The van der Waals surface area contributed by atoms with Crippen LogP contribution in [0.5, 0.6) is 0 Å². The molecule has 0 aliphatic heterocycles. The summed E-state index contributed by atoms with van der Waals surface area (Å²) in [5.74, 6) is -0.489. The first-order chi connectivity index (χ1) is 6.35. The van der Waals surface area contributed by atoms with Crippen molar-refractivity contribution in [1.82, 2.24) is 0 Å². The zero-order chi connectivity index (χ0) is 10.7. The van der Waals surface area contributed by atoms with Gasteiger partial charge in [-0.15, -0.1) is 0 Å². The van der Waals surface area contributed by atoms with Crippen molar-refractivity contribution in [2.24, 2.45) is 16.7 Å². The molecule has 1 N–H and O–H groups in total. The Kier molecular flexibility index (Phi) is 1.87. The van der Waals surface area contributed by atoms with Gasteiger partial charge in [0.2, 0.25) is 5.24 Å². The SMILES string of the molecule is CC1(C)C2CCC1(C(=O)Cl)C(=O)C2O. The van der Waals surface area contributed by atoms with E-state index in [1.165, 1.54) is 0 Å². The molecule has 78 valence electrons. The lowest BCUT2D eigenvalue weighted by Gasteiger charge is -2.32. The first-order valence-electron chi connectivity index (χ1n) is 4.78. The molecule has 0 heterocycles. The van der Waals surface area contributed by atoms with E-state index in [1.807, 2.05) is 13.8 Å². The summed E-state index contributed by atoms with van der Waals surface area (Å²) in [4.78, 5) is 23.2. The van der Waals surface area contributed by atoms with E-state index in [4.69, 9.17) is 11.6 Å². The average Bonchev–Trinajstić information content (AvgIpc) is 2.41. The summed E-state index contributed by atoms with van der Waals surface area (Å²) in [5, 5.41) is 9.07. The minimum Gasteiger partial charge on any atom is -0.385 e. The van der Waals surface area contributed by atoms with E-state index in [0.717, 1.165) is 0 Å². The third kappa shape index (κ3) is 0.789. The van der Waals surface area contributed by atoms with Crippen LogP contribution in [0.15, 0.2) is 0 Å². The molecule has 14 heavy (non-hydrogen) atoms. The van der Waals surface area contributed by atoms with Crippen LogP contribution in [0.25, 0.3) is 0 Å². The lowest BCUT2D eigenvalue weighted by atomic mass is 9.70. The van der Waals surface area contributed by atoms with E-state index in [2.05, 4.69) is 0 Å². The second kappa shape index (κ2) is 2.58. The standard InChI is InChI=1S/C10H13ClO3/c1-9(2)5-3-4-10(9,8(11)14)7(13)6(5)12/h5-6,12H,3-4H2,1-2H3. The van der Waals surface area contributed by atoms with E-state index in [9.17, 15) is 14.7 Å². The fourth-order valence-electron chi connectivity index (χ4n) is 3.25. The molecule has 3 nitrogen and oxygen atoms in total. The number of aliphatic hydroxyl groups is 1. The smallest absolute Gasteiger partial charge is 0.235 e. The summed E-state index contributed by atoms with van der Waals surface area (Å²) in [6, 6.07) is 0. The Morgan fingerprint density at radius 1 is 1.57 bits per heavy atom. The van der Waals surface area contributed by atoms with Gasteiger partial charge in [-0.05, 0) is 35.8 Å². The number of ketones is 1. The molecule has 2 aliphatic carbocycles. The highest BCUT2D eigenvalue weighted by molar-refractivity contribution is 6.67. The van der Waals surface area contributed by atoms with Crippen molar-refractivity contribution in [2.45, 2.75) is 32.8 Å². The van der Waals surface area contributed by atoms with Crippen LogP contribution in [0, 0.1) is 16.7 Å². The molecule has 2 bridgehead atoms. The monoisotopic (exact) mass is 216 g/mol. The Bertz CT molecular complexity index is 323. The Morgan fingerprint density at radius 3 is 2.43 bits per heavy atom. The molecule has 0 aromatic carbocycles. The molecule has 3 unspecified atom stereocenters. The van der Waals surface area contributed by atoms with E-state index >= 15 is 0 Å². The van der Waals surface area contributed by atoms with Crippen molar-refractivity contribution in [3.05, 3.63) is 0 Å². The molecule has 2 fully saturated rings. The van der Waals surface area contributed by atoms with Gasteiger partial charge in [0.05, 0.1) is 0 Å². The van der Waals surface area contributed by atoms with Crippen LogP contribution in [-0.4, -0.2) is 22.2 Å². The number of aliphatic hydroxyl groups excluding tert-OH is 1. The molecule has 0 saturated heterocycles. The second-order valence-electron chi connectivity index (χ2n) is 4.85. The van der Waals surface area contributed by atoms with Crippen LogP contribution >= 0.6 is 11.6 Å². The third-order valence-electron chi connectivity index (χ3n) is 4.26. The number of fused-ring (bicyclic) bond motifs is 2. The summed E-state index contributed by atoms with van der Waals surface area (Å²) < 4.78 is 0. The summed E-state index contributed by atoms with van der Waals surface area (Å²) in [6.45, 7) is 3.69. The maximum atomic E-state index is 11.8. The van der Waals surface area contributed by atoms with Gasteiger partial charge in [0, 0.05) is 0 Å². The van der Waals surface area contributed by atoms with Crippen molar-refractivity contribution in [3.8, 4) is 0 Å². The second-order valence-corrected chi connectivity index (χ2v) is 5.20. The molecule has 0 amide bonds. The van der Waals surface area contributed by atoms with Crippen molar-refractivity contribution in [2.75, 3.05) is 0 Å². The first kappa shape index (κ1) is 10.1. The number of rotatable bonds is 1. The van der Waals surface area contributed by atoms with Gasteiger partial charge < -0.3 is 5.11 Å². The van der Waals surface area contributed by atoms with E-state index < -0.39 is 22.2 Å². The van der Waals surface area contributed by atoms with Crippen LogP contribution in [0.2, 0.25) is 0 Å². The predicted molar refractivity (Wildman–Crippen MR) is 50.8 cm³/mol. The zero-order valence-electron chi connectivity index (χ0n) is 8.21. The molecule has 0 aromatic rings. The van der Waals surface area contributed by atoms with Gasteiger partial charge in [0.1, 0.15) is 11.5 Å². The minimum absolute atomic E-state index is 0.113. The summed E-state index contributed by atoms with van der Waals surface area (Å²) in [6.07, 6.45) is 0.197. The third-order valence-corrected chi connectivity index (χ3v) is 4.59. The Morgan fingerprint density at radius 2 is 2.14 bits per heavy atom. The maximum Gasteiger partial charge on any atom is 0.235 e. The van der Waals surface area contributed by atoms with Crippen molar-refractivity contribution in [1.29, 1.82) is 0 Å². The fraction of sp³-hybridized carbons (Fsp3) is 0.800. The molecule has 0 spiro atoms. The van der Waals surface area contributed by atoms with Crippen LogP contribution < -0.4 is 0 Å². The molecular weight excluding hydrogens is 204 g/mol. The Hall–Kier alpha value is -0.410. The Labute approximate surface area is 87.4 Å². The molecule has 2 aliphatic rings. The molecule has 3 atom stereocenters. The van der Waals surface area contributed by atoms with Gasteiger partial charge in [0.15, 0.2) is 5.78 Å². The van der Waals surface area contributed by atoms with Crippen LogP contribution in [0.1, 0.15) is 26.7 Å². The number of hydrogen-bond acceptors (Lipinski definition) is 3. The quantitative estimate of drug-likeness (QED) is 0.528. The highest BCUT2D eigenvalue weighted by Gasteiger charge is 2.71. The number of carbonyl (C=O) groups is 2. The van der Waals surface area contributed by atoms with Gasteiger partial charge in [-0.25, -0.2) is 0 Å². The van der Waals surface area contributed by atoms with Gasteiger partial charge in [-0.1, -0.05) is 13.8 Å². The zero-order valence-corrected chi connectivity index (χ0v) is 8.97. The lowest BCUT2D eigenvalue weighted by molar-refractivity contribution is -0.142.